The van der Waals surface area contributed by atoms with Crippen LogP contribution >= 0.6 is 0 Å². The summed E-state index contributed by atoms with van der Waals surface area (Å²) in [6, 6.07) is 13.7. The summed E-state index contributed by atoms with van der Waals surface area (Å²) < 4.78 is 0. The number of nitrogens with zero attached hydrogens (tertiary/aromatic N) is 1. The minimum atomic E-state index is -0.895. The minimum absolute atomic E-state index is 0.412. The zero-order chi connectivity index (χ0) is 13.4. The topological polar surface area (TPSA) is 66.6 Å². The quantitative estimate of drug-likeness (QED) is 0.769. The average molecular weight is 254 g/mol. The van der Waals surface area contributed by atoms with E-state index in [0.717, 1.165) is 22.3 Å². The molecule has 1 aliphatic rings. The molecule has 0 spiro atoms. The number of rotatable bonds is 1. The molecule has 3 rings (SSSR count). The summed E-state index contributed by atoms with van der Waals surface area (Å²) in [5.74, 6) is 0. The summed E-state index contributed by atoms with van der Waals surface area (Å²) >= 11 is 0. The van der Waals surface area contributed by atoms with Crippen LogP contribution in [0.1, 0.15) is 11.1 Å². The molecule has 1 heterocycles. The van der Waals surface area contributed by atoms with Gasteiger partial charge in [0.15, 0.2) is 0 Å². The van der Waals surface area contributed by atoms with E-state index >= 15 is 0 Å². The second kappa shape index (κ2) is 4.31. The Hall–Kier alpha value is -2.49. The van der Waals surface area contributed by atoms with E-state index in [0.29, 0.717) is 18.8 Å². The first-order valence-electron chi connectivity index (χ1n) is 6.09. The average Bonchev–Trinajstić information content (AvgIpc) is 2.82. The van der Waals surface area contributed by atoms with Crippen molar-refractivity contribution in [1.82, 2.24) is 4.90 Å². The van der Waals surface area contributed by atoms with Gasteiger partial charge in [-0.05, 0) is 34.4 Å². The lowest BCUT2D eigenvalue weighted by molar-refractivity contribution is 0.145. The highest BCUT2D eigenvalue weighted by atomic mass is 16.4. The molecule has 2 aromatic rings. The first-order chi connectivity index (χ1) is 9.15. The normalized spacial score (nSPS) is 13.4. The fourth-order valence-corrected chi connectivity index (χ4v) is 2.55. The van der Waals surface area contributed by atoms with E-state index in [9.17, 15) is 4.79 Å². The first-order valence-corrected chi connectivity index (χ1v) is 6.09. The highest BCUT2D eigenvalue weighted by molar-refractivity contribution is 5.75. The first kappa shape index (κ1) is 11.6. The van der Waals surface area contributed by atoms with Gasteiger partial charge in [-0.15, -0.1) is 0 Å². The number of benzene rings is 2. The smallest absolute Gasteiger partial charge is 0.407 e. The van der Waals surface area contributed by atoms with Crippen LogP contribution in [0.5, 0.6) is 0 Å². The molecule has 96 valence electrons. The van der Waals surface area contributed by atoms with Gasteiger partial charge in [0.2, 0.25) is 0 Å². The van der Waals surface area contributed by atoms with Crippen LogP contribution in [0, 0.1) is 0 Å². The monoisotopic (exact) mass is 254 g/mol. The van der Waals surface area contributed by atoms with Crippen LogP contribution in [0.15, 0.2) is 42.5 Å². The molecule has 0 aromatic heterocycles. The number of amides is 1. The molecule has 4 nitrogen and oxygen atoms in total. The molecular formula is C15H14N2O2. The Morgan fingerprint density at radius 3 is 2.58 bits per heavy atom. The summed E-state index contributed by atoms with van der Waals surface area (Å²) in [5, 5.41) is 9.11. The van der Waals surface area contributed by atoms with E-state index in [-0.39, 0.29) is 0 Å². The molecule has 0 radical (unpaired) electrons. The zero-order valence-electron chi connectivity index (χ0n) is 10.3. The highest BCUT2D eigenvalue weighted by Crippen LogP contribution is 2.34. The van der Waals surface area contributed by atoms with Crippen molar-refractivity contribution in [1.29, 1.82) is 0 Å². The molecule has 0 unspecified atom stereocenters. The molecule has 1 amide bonds. The van der Waals surface area contributed by atoms with Crippen LogP contribution in [0.3, 0.4) is 0 Å². The maximum Gasteiger partial charge on any atom is 0.407 e. The van der Waals surface area contributed by atoms with E-state index in [1.165, 1.54) is 4.90 Å². The number of hydrogen-bond acceptors (Lipinski definition) is 2. The van der Waals surface area contributed by atoms with Gasteiger partial charge in [-0.2, -0.15) is 0 Å². The summed E-state index contributed by atoms with van der Waals surface area (Å²) in [6.45, 7) is 0.838. The molecule has 19 heavy (non-hydrogen) atoms. The van der Waals surface area contributed by atoms with Gasteiger partial charge in [-0.1, -0.05) is 30.3 Å². The van der Waals surface area contributed by atoms with Crippen LogP contribution in [-0.4, -0.2) is 16.1 Å². The van der Waals surface area contributed by atoms with Gasteiger partial charge in [-0.3, -0.25) is 4.90 Å². The summed E-state index contributed by atoms with van der Waals surface area (Å²) in [5.41, 5.74) is 10.8. The van der Waals surface area contributed by atoms with Crippen LogP contribution in [0.25, 0.3) is 11.1 Å². The summed E-state index contributed by atoms with van der Waals surface area (Å²) in [7, 11) is 0. The molecule has 0 saturated carbocycles. The Kier molecular flexibility index (Phi) is 2.63. The van der Waals surface area contributed by atoms with Crippen LogP contribution < -0.4 is 5.73 Å². The SMILES string of the molecule is Nc1cc2c(c(-c3ccccc3)c1)CN(C(=O)O)C2. The van der Waals surface area contributed by atoms with Crippen molar-refractivity contribution in [2.45, 2.75) is 13.1 Å². The maximum absolute atomic E-state index is 11.1. The van der Waals surface area contributed by atoms with Gasteiger partial charge >= 0.3 is 6.09 Å². The Bertz CT molecular complexity index is 638. The number of fused-ring (bicyclic) bond motifs is 1. The van der Waals surface area contributed by atoms with Crippen molar-refractivity contribution in [3.63, 3.8) is 0 Å². The van der Waals surface area contributed by atoms with Gasteiger partial charge in [-0.25, -0.2) is 4.79 Å². The lowest BCUT2D eigenvalue weighted by Crippen LogP contribution is -2.22. The molecular weight excluding hydrogens is 240 g/mol. The number of carbonyl (C=O) groups is 1. The fraction of sp³-hybridized carbons (Fsp3) is 0.133. The van der Waals surface area contributed by atoms with Crippen molar-refractivity contribution in [3.05, 3.63) is 53.6 Å². The van der Waals surface area contributed by atoms with Crippen molar-refractivity contribution in [2.75, 3.05) is 5.73 Å². The van der Waals surface area contributed by atoms with Gasteiger partial charge in [0.1, 0.15) is 0 Å². The Labute approximate surface area is 111 Å². The van der Waals surface area contributed by atoms with Crippen molar-refractivity contribution in [2.24, 2.45) is 0 Å². The minimum Gasteiger partial charge on any atom is -0.465 e. The fourth-order valence-electron chi connectivity index (χ4n) is 2.55. The molecule has 1 aliphatic heterocycles. The van der Waals surface area contributed by atoms with Crippen molar-refractivity contribution >= 4 is 11.8 Å². The summed E-state index contributed by atoms with van der Waals surface area (Å²) in [4.78, 5) is 12.5. The van der Waals surface area contributed by atoms with Crippen LogP contribution in [0.2, 0.25) is 0 Å². The molecule has 0 fully saturated rings. The predicted octanol–water partition coefficient (Wildman–Crippen LogP) is 2.93. The third-order valence-electron chi connectivity index (χ3n) is 3.43. The Balaban J connectivity index is 2.11. The van der Waals surface area contributed by atoms with E-state index in [2.05, 4.69) is 0 Å². The van der Waals surface area contributed by atoms with Gasteiger partial charge in [0.25, 0.3) is 0 Å². The number of carboxylic acid groups (broad SMARTS) is 1. The molecule has 4 heteroatoms. The molecule has 0 atom stereocenters. The molecule has 0 saturated heterocycles. The molecule has 2 aromatic carbocycles. The zero-order valence-corrected chi connectivity index (χ0v) is 10.3. The number of nitrogens with two attached hydrogens (primary N) is 1. The van der Waals surface area contributed by atoms with Crippen molar-refractivity contribution in [3.8, 4) is 11.1 Å². The second-order valence-corrected chi connectivity index (χ2v) is 4.71. The molecule has 0 aliphatic carbocycles. The van der Waals surface area contributed by atoms with Crippen LogP contribution in [0.4, 0.5) is 10.5 Å². The lowest BCUT2D eigenvalue weighted by atomic mass is 9.96. The van der Waals surface area contributed by atoms with Gasteiger partial charge in [0.05, 0.1) is 6.54 Å². The van der Waals surface area contributed by atoms with E-state index in [4.69, 9.17) is 10.8 Å². The van der Waals surface area contributed by atoms with Crippen molar-refractivity contribution < 1.29 is 9.90 Å². The lowest BCUT2D eigenvalue weighted by Gasteiger charge is -2.10. The molecule has 3 N–H and O–H groups in total. The largest absolute Gasteiger partial charge is 0.465 e. The number of hydrogen-bond donors (Lipinski definition) is 2. The Morgan fingerprint density at radius 1 is 1.16 bits per heavy atom. The van der Waals surface area contributed by atoms with Gasteiger partial charge < -0.3 is 10.8 Å². The number of nitrogen functional groups attached to an aromatic ring is 1. The Morgan fingerprint density at radius 2 is 1.89 bits per heavy atom. The highest BCUT2D eigenvalue weighted by Gasteiger charge is 2.25. The molecule has 0 bridgehead atoms. The van der Waals surface area contributed by atoms with E-state index in [1.54, 1.807) is 0 Å². The van der Waals surface area contributed by atoms with E-state index < -0.39 is 6.09 Å². The summed E-state index contributed by atoms with van der Waals surface area (Å²) in [6.07, 6.45) is -0.895. The van der Waals surface area contributed by atoms with Gasteiger partial charge in [0, 0.05) is 12.2 Å². The second-order valence-electron chi connectivity index (χ2n) is 4.71. The predicted molar refractivity (Wildman–Crippen MR) is 73.6 cm³/mol. The third-order valence-corrected chi connectivity index (χ3v) is 3.43. The van der Waals surface area contributed by atoms with E-state index in [1.807, 2.05) is 42.5 Å². The third kappa shape index (κ3) is 2.01. The number of anilines is 1. The van der Waals surface area contributed by atoms with Crippen LogP contribution in [-0.2, 0) is 13.1 Å². The standard InChI is InChI=1S/C15H14N2O2/c16-12-6-11-8-17(15(18)19)9-14(11)13(7-12)10-4-2-1-3-5-10/h1-7H,8-9,16H2,(H,18,19). The maximum atomic E-state index is 11.1.